The van der Waals surface area contributed by atoms with Gasteiger partial charge < -0.3 is 10.1 Å². The van der Waals surface area contributed by atoms with Crippen molar-refractivity contribution in [2.24, 2.45) is 0 Å². The van der Waals surface area contributed by atoms with Gasteiger partial charge in [-0.1, -0.05) is 24.3 Å². The summed E-state index contributed by atoms with van der Waals surface area (Å²) >= 11 is 1.28. The molecule has 2 aromatic carbocycles. The van der Waals surface area contributed by atoms with Crippen LogP contribution in [0.25, 0.3) is 0 Å². The highest BCUT2D eigenvalue weighted by molar-refractivity contribution is 8.01. The Kier molecular flexibility index (Phi) is 4.41. The number of carbonyl (C=O) groups is 4. The van der Waals surface area contributed by atoms with Crippen LogP contribution in [0.4, 0.5) is 5.69 Å². The zero-order chi connectivity index (χ0) is 19.0. The molecule has 2 aromatic rings. The molecular weight excluding hydrogens is 368 g/mol. The normalized spacial score (nSPS) is 18.0. The van der Waals surface area contributed by atoms with Gasteiger partial charge in [0.2, 0.25) is 5.91 Å². The number of rotatable bonds is 4. The van der Waals surface area contributed by atoms with Crippen LogP contribution in [0.1, 0.15) is 27.1 Å². The number of hydrogen-bond donors (Lipinski definition) is 1. The number of nitrogens with one attached hydrogen (secondary N) is 1. The standard InChI is InChI=1S/C19H14N2O5S/c22-16(9-15-17(23)20-13-7-3-4-8-14(13)27-15)26-10-21-18(24)11-5-1-2-6-12(11)19(21)25/h1-8,15H,9-10H2,(H,20,23)/t15-/m1/s1. The Hall–Kier alpha value is -3.13. The predicted octanol–water partition coefficient (Wildman–Crippen LogP) is 2.29. The summed E-state index contributed by atoms with van der Waals surface area (Å²) in [5.41, 5.74) is 1.29. The van der Waals surface area contributed by atoms with E-state index in [1.807, 2.05) is 18.2 Å². The number of benzene rings is 2. The molecular formula is C19H14N2O5S. The van der Waals surface area contributed by atoms with Crippen LogP contribution in [-0.2, 0) is 14.3 Å². The van der Waals surface area contributed by atoms with Crippen LogP contribution in [0, 0.1) is 0 Å². The number of esters is 1. The molecule has 0 saturated carbocycles. The Labute approximate surface area is 158 Å². The lowest BCUT2D eigenvalue weighted by atomic mass is 10.1. The van der Waals surface area contributed by atoms with Gasteiger partial charge in [-0.05, 0) is 24.3 Å². The first-order valence-electron chi connectivity index (χ1n) is 8.22. The maximum atomic E-state index is 12.2. The summed E-state index contributed by atoms with van der Waals surface area (Å²) in [6.07, 6.45) is -0.159. The van der Waals surface area contributed by atoms with Gasteiger partial charge in [-0.3, -0.25) is 19.2 Å². The average molecular weight is 382 g/mol. The molecule has 2 aliphatic rings. The Morgan fingerprint density at radius 3 is 2.33 bits per heavy atom. The van der Waals surface area contributed by atoms with E-state index in [9.17, 15) is 19.2 Å². The molecule has 0 aliphatic carbocycles. The third kappa shape index (κ3) is 3.19. The summed E-state index contributed by atoms with van der Waals surface area (Å²) < 4.78 is 5.09. The van der Waals surface area contributed by atoms with Gasteiger partial charge in [0.05, 0.1) is 28.5 Å². The van der Waals surface area contributed by atoms with Crippen LogP contribution in [0.2, 0.25) is 0 Å². The molecule has 0 bridgehead atoms. The Morgan fingerprint density at radius 1 is 1.00 bits per heavy atom. The Balaban J connectivity index is 1.37. The number of anilines is 1. The number of hydrogen-bond acceptors (Lipinski definition) is 6. The third-order valence-electron chi connectivity index (χ3n) is 4.29. The molecule has 0 spiro atoms. The van der Waals surface area contributed by atoms with Crippen molar-refractivity contribution in [2.45, 2.75) is 16.6 Å². The first-order chi connectivity index (χ1) is 13.0. The summed E-state index contributed by atoms with van der Waals surface area (Å²) in [5, 5.41) is 2.12. The number of thioether (sulfide) groups is 1. The summed E-state index contributed by atoms with van der Waals surface area (Å²) in [4.78, 5) is 50.5. The fraction of sp³-hybridized carbons (Fsp3) is 0.158. The molecule has 0 saturated heterocycles. The van der Waals surface area contributed by atoms with Crippen molar-refractivity contribution >= 4 is 41.1 Å². The molecule has 0 fully saturated rings. The lowest BCUT2D eigenvalue weighted by Gasteiger charge is -2.23. The van der Waals surface area contributed by atoms with E-state index >= 15 is 0 Å². The largest absolute Gasteiger partial charge is 0.444 e. The van der Waals surface area contributed by atoms with Gasteiger partial charge in [0.1, 0.15) is 0 Å². The lowest BCUT2D eigenvalue weighted by molar-refractivity contribution is -0.147. The molecule has 27 heavy (non-hydrogen) atoms. The molecule has 3 amide bonds. The molecule has 0 unspecified atom stereocenters. The van der Waals surface area contributed by atoms with E-state index in [2.05, 4.69) is 5.32 Å². The predicted molar refractivity (Wildman–Crippen MR) is 97.2 cm³/mol. The number of amides is 3. The third-order valence-corrected chi connectivity index (χ3v) is 5.57. The van der Waals surface area contributed by atoms with Gasteiger partial charge in [0.15, 0.2) is 6.73 Å². The molecule has 136 valence electrons. The van der Waals surface area contributed by atoms with Gasteiger partial charge in [-0.2, -0.15) is 0 Å². The van der Waals surface area contributed by atoms with E-state index in [1.54, 1.807) is 30.3 Å². The van der Waals surface area contributed by atoms with Gasteiger partial charge >= 0.3 is 5.97 Å². The van der Waals surface area contributed by atoms with E-state index in [-0.39, 0.29) is 23.5 Å². The highest BCUT2D eigenvalue weighted by Crippen LogP contribution is 2.36. The van der Waals surface area contributed by atoms with E-state index in [4.69, 9.17) is 4.74 Å². The number of nitrogens with zero attached hydrogens (tertiary/aromatic N) is 1. The fourth-order valence-electron chi connectivity index (χ4n) is 2.93. The van der Waals surface area contributed by atoms with E-state index in [0.717, 1.165) is 9.80 Å². The number of carbonyl (C=O) groups excluding carboxylic acids is 4. The highest BCUT2D eigenvalue weighted by Gasteiger charge is 2.36. The number of imide groups is 1. The smallest absolute Gasteiger partial charge is 0.309 e. The van der Waals surface area contributed by atoms with Gasteiger partial charge in [0, 0.05) is 4.90 Å². The summed E-state index contributed by atoms with van der Waals surface area (Å²) in [6, 6.07) is 13.7. The molecule has 4 rings (SSSR count). The van der Waals surface area contributed by atoms with E-state index < -0.39 is 29.8 Å². The first kappa shape index (κ1) is 17.3. The van der Waals surface area contributed by atoms with Gasteiger partial charge in [-0.25, -0.2) is 4.90 Å². The summed E-state index contributed by atoms with van der Waals surface area (Å²) in [7, 11) is 0. The van der Waals surface area contributed by atoms with E-state index in [1.165, 1.54) is 11.8 Å². The monoisotopic (exact) mass is 382 g/mol. The van der Waals surface area contributed by atoms with Crippen molar-refractivity contribution in [3.05, 3.63) is 59.7 Å². The molecule has 1 atom stereocenters. The second-order valence-corrected chi connectivity index (χ2v) is 7.27. The van der Waals surface area contributed by atoms with Crippen molar-refractivity contribution in [3.63, 3.8) is 0 Å². The van der Waals surface area contributed by atoms with Gasteiger partial charge in [0.25, 0.3) is 11.8 Å². The topological polar surface area (TPSA) is 92.8 Å². The van der Waals surface area contributed by atoms with Crippen molar-refractivity contribution < 1.29 is 23.9 Å². The zero-order valence-corrected chi connectivity index (χ0v) is 14.8. The fourth-order valence-corrected chi connectivity index (χ4v) is 4.03. The molecule has 0 radical (unpaired) electrons. The molecule has 2 heterocycles. The maximum absolute atomic E-state index is 12.2. The molecule has 1 N–H and O–H groups in total. The number of para-hydroxylation sites is 1. The summed E-state index contributed by atoms with van der Waals surface area (Å²) in [5.74, 6) is -1.93. The molecule has 7 nitrogen and oxygen atoms in total. The van der Waals surface area contributed by atoms with Crippen molar-refractivity contribution in [2.75, 3.05) is 12.0 Å². The van der Waals surface area contributed by atoms with Gasteiger partial charge in [-0.15, -0.1) is 11.8 Å². The van der Waals surface area contributed by atoms with Crippen molar-refractivity contribution in [1.82, 2.24) is 4.90 Å². The second kappa shape index (κ2) is 6.88. The van der Waals surface area contributed by atoms with Crippen LogP contribution in [0.5, 0.6) is 0 Å². The van der Waals surface area contributed by atoms with Crippen LogP contribution >= 0.6 is 11.8 Å². The lowest BCUT2D eigenvalue weighted by Crippen LogP contribution is -2.35. The van der Waals surface area contributed by atoms with Crippen molar-refractivity contribution in [1.29, 1.82) is 0 Å². The number of fused-ring (bicyclic) bond motifs is 2. The Morgan fingerprint density at radius 2 is 1.63 bits per heavy atom. The summed E-state index contributed by atoms with van der Waals surface area (Å²) in [6.45, 7) is -0.471. The molecule has 8 heteroatoms. The minimum Gasteiger partial charge on any atom is -0.444 e. The minimum absolute atomic E-state index is 0.159. The molecule has 0 aromatic heterocycles. The van der Waals surface area contributed by atoms with Crippen LogP contribution < -0.4 is 5.32 Å². The Bertz CT molecular complexity index is 939. The average Bonchev–Trinajstić information content (AvgIpc) is 2.91. The maximum Gasteiger partial charge on any atom is 0.309 e. The SMILES string of the molecule is O=C(C[C@H]1Sc2ccccc2NC1=O)OCN1C(=O)c2ccccc2C1=O. The minimum atomic E-state index is -0.654. The van der Waals surface area contributed by atoms with Crippen LogP contribution in [-0.4, -0.2) is 40.6 Å². The quantitative estimate of drug-likeness (QED) is 0.644. The number of ether oxygens (including phenoxy) is 1. The first-order valence-corrected chi connectivity index (χ1v) is 9.10. The zero-order valence-electron chi connectivity index (χ0n) is 14.0. The van der Waals surface area contributed by atoms with Crippen LogP contribution in [0.15, 0.2) is 53.4 Å². The second-order valence-electron chi connectivity index (χ2n) is 6.03. The highest BCUT2D eigenvalue weighted by atomic mass is 32.2. The van der Waals surface area contributed by atoms with Crippen LogP contribution in [0.3, 0.4) is 0 Å². The molecule has 2 aliphatic heterocycles. The van der Waals surface area contributed by atoms with E-state index in [0.29, 0.717) is 5.69 Å². The van der Waals surface area contributed by atoms with Crippen molar-refractivity contribution in [3.8, 4) is 0 Å².